The second-order valence-corrected chi connectivity index (χ2v) is 5.77. The minimum atomic E-state index is -0.801. The Hall–Kier alpha value is -0.770. The van der Waals surface area contributed by atoms with E-state index in [1.54, 1.807) is 30.0 Å². The van der Waals surface area contributed by atoms with Crippen LogP contribution in [-0.4, -0.2) is 34.6 Å². The molecule has 1 aliphatic rings. The van der Waals surface area contributed by atoms with E-state index in [4.69, 9.17) is 23.2 Å². The highest BCUT2D eigenvalue weighted by Crippen LogP contribution is 2.25. The van der Waals surface area contributed by atoms with Crippen molar-refractivity contribution in [2.75, 3.05) is 13.1 Å². The van der Waals surface area contributed by atoms with Gasteiger partial charge in [0.25, 0.3) is 5.91 Å². The van der Waals surface area contributed by atoms with Crippen molar-refractivity contribution in [3.05, 3.63) is 33.8 Å². The number of nitrogens with zero attached hydrogens (tertiary/aromatic N) is 1. The molecule has 1 heterocycles. The number of piperidine rings is 1. The molecular formula is C13H15Cl2NO2. The second kappa shape index (κ2) is 5.08. The Balaban J connectivity index is 2.18. The summed E-state index contributed by atoms with van der Waals surface area (Å²) in [5, 5.41) is 10.8. The van der Waals surface area contributed by atoms with Gasteiger partial charge in [0.15, 0.2) is 0 Å². The number of amides is 1. The van der Waals surface area contributed by atoms with Crippen molar-refractivity contribution in [1.82, 2.24) is 4.90 Å². The Morgan fingerprint density at radius 2 is 2.11 bits per heavy atom. The third-order valence-corrected chi connectivity index (χ3v) is 3.87. The van der Waals surface area contributed by atoms with Crippen LogP contribution < -0.4 is 0 Å². The second-order valence-electron chi connectivity index (χ2n) is 4.96. The summed E-state index contributed by atoms with van der Waals surface area (Å²) in [7, 11) is 0. The molecule has 0 bridgehead atoms. The van der Waals surface area contributed by atoms with Crippen molar-refractivity contribution >= 4 is 29.1 Å². The van der Waals surface area contributed by atoms with E-state index in [-0.39, 0.29) is 5.91 Å². The molecule has 18 heavy (non-hydrogen) atoms. The molecule has 3 nitrogen and oxygen atoms in total. The summed E-state index contributed by atoms with van der Waals surface area (Å²) in [6, 6.07) is 4.83. The lowest BCUT2D eigenvalue weighted by molar-refractivity contribution is -0.0107. The van der Waals surface area contributed by atoms with Gasteiger partial charge in [-0.05, 0) is 38.0 Å². The van der Waals surface area contributed by atoms with E-state index in [1.165, 1.54) is 0 Å². The number of aliphatic hydroxyl groups is 1. The minimum absolute atomic E-state index is 0.117. The number of carbonyl (C=O) groups excluding carboxylic acids is 1. The highest BCUT2D eigenvalue weighted by Gasteiger charge is 2.31. The van der Waals surface area contributed by atoms with Gasteiger partial charge in [-0.3, -0.25) is 4.79 Å². The predicted molar refractivity (Wildman–Crippen MR) is 72.2 cm³/mol. The number of likely N-dealkylation sites (tertiary alicyclic amines) is 1. The van der Waals surface area contributed by atoms with Gasteiger partial charge in [-0.1, -0.05) is 23.2 Å². The number of carbonyl (C=O) groups is 1. The molecule has 1 amide bonds. The summed E-state index contributed by atoms with van der Waals surface area (Å²) >= 11 is 11.7. The molecule has 0 saturated carbocycles. The van der Waals surface area contributed by atoms with Crippen LogP contribution in [0.5, 0.6) is 0 Å². The van der Waals surface area contributed by atoms with E-state index < -0.39 is 5.60 Å². The summed E-state index contributed by atoms with van der Waals surface area (Å²) < 4.78 is 0. The third kappa shape index (κ3) is 2.97. The van der Waals surface area contributed by atoms with Crippen LogP contribution in [0.25, 0.3) is 0 Å². The van der Waals surface area contributed by atoms with Gasteiger partial charge >= 0.3 is 0 Å². The summed E-state index contributed by atoms with van der Waals surface area (Å²) in [4.78, 5) is 13.9. The quantitative estimate of drug-likeness (QED) is 0.863. The first-order chi connectivity index (χ1) is 8.39. The predicted octanol–water partition coefficient (Wildman–Crippen LogP) is 2.98. The molecule has 1 N–H and O–H groups in total. The van der Waals surface area contributed by atoms with Gasteiger partial charge in [0.05, 0.1) is 15.6 Å². The molecular weight excluding hydrogens is 273 g/mol. The molecule has 0 radical (unpaired) electrons. The minimum Gasteiger partial charge on any atom is -0.388 e. The molecule has 1 saturated heterocycles. The number of hydrogen-bond acceptors (Lipinski definition) is 2. The molecule has 1 fully saturated rings. The van der Waals surface area contributed by atoms with Crippen LogP contribution in [0, 0.1) is 0 Å². The van der Waals surface area contributed by atoms with Crippen LogP contribution in [0.1, 0.15) is 30.1 Å². The molecule has 0 aliphatic carbocycles. The maximum Gasteiger partial charge on any atom is 0.254 e. The van der Waals surface area contributed by atoms with Crippen molar-refractivity contribution in [1.29, 1.82) is 0 Å². The maximum atomic E-state index is 12.3. The fourth-order valence-electron chi connectivity index (χ4n) is 2.21. The first-order valence-electron chi connectivity index (χ1n) is 5.86. The number of halogens is 2. The number of benzene rings is 1. The average Bonchev–Trinajstić information content (AvgIpc) is 2.30. The van der Waals surface area contributed by atoms with Gasteiger partial charge in [0.1, 0.15) is 0 Å². The standard InChI is InChI=1S/C13H15Cl2NO2/c1-13(18)5-2-6-16(8-13)12(17)9-3-4-10(14)11(15)7-9/h3-4,7,18H,2,5-6,8H2,1H3. The summed E-state index contributed by atoms with van der Waals surface area (Å²) in [5.41, 5.74) is -0.300. The van der Waals surface area contributed by atoms with Gasteiger partial charge in [0, 0.05) is 18.7 Å². The van der Waals surface area contributed by atoms with E-state index in [0.717, 1.165) is 12.8 Å². The van der Waals surface area contributed by atoms with E-state index in [2.05, 4.69) is 0 Å². The third-order valence-electron chi connectivity index (χ3n) is 3.13. The highest BCUT2D eigenvalue weighted by atomic mass is 35.5. The maximum absolute atomic E-state index is 12.3. The van der Waals surface area contributed by atoms with E-state index >= 15 is 0 Å². The van der Waals surface area contributed by atoms with Crippen molar-refractivity contribution in [2.45, 2.75) is 25.4 Å². The Morgan fingerprint density at radius 3 is 2.72 bits per heavy atom. The largest absolute Gasteiger partial charge is 0.388 e. The van der Waals surface area contributed by atoms with Crippen LogP contribution in [-0.2, 0) is 0 Å². The van der Waals surface area contributed by atoms with Gasteiger partial charge in [-0.25, -0.2) is 0 Å². The van der Waals surface area contributed by atoms with E-state index in [0.29, 0.717) is 28.7 Å². The molecule has 0 aromatic heterocycles. The Kier molecular flexibility index (Phi) is 3.85. The molecule has 1 atom stereocenters. The van der Waals surface area contributed by atoms with E-state index in [1.807, 2.05) is 0 Å². The van der Waals surface area contributed by atoms with E-state index in [9.17, 15) is 9.90 Å². The normalized spacial score (nSPS) is 24.1. The lowest BCUT2D eigenvalue weighted by atomic mass is 9.94. The Labute approximate surface area is 116 Å². The fraction of sp³-hybridized carbons (Fsp3) is 0.462. The number of β-amino-alcohol motifs (C(OH)–C–C–N with tert-alkyl or cyclic N) is 1. The molecule has 2 rings (SSSR count). The van der Waals surface area contributed by atoms with Gasteiger partial charge in [-0.15, -0.1) is 0 Å². The molecule has 1 aliphatic heterocycles. The van der Waals surface area contributed by atoms with Crippen LogP contribution in [0.4, 0.5) is 0 Å². The van der Waals surface area contributed by atoms with Crippen LogP contribution in [0.15, 0.2) is 18.2 Å². The van der Waals surface area contributed by atoms with Gasteiger partial charge in [-0.2, -0.15) is 0 Å². The van der Waals surface area contributed by atoms with Crippen molar-refractivity contribution in [3.8, 4) is 0 Å². The van der Waals surface area contributed by atoms with Gasteiger partial charge in [0.2, 0.25) is 0 Å². The SMILES string of the molecule is CC1(O)CCCN(C(=O)c2ccc(Cl)c(Cl)c2)C1. The Morgan fingerprint density at radius 1 is 1.39 bits per heavy atom. The zero-order valence-corrected chi connectivity index (χ0v) is 11.6. The lowest BCUT2D eigenvalue weighted by Gasteiger charge is -2.36. The topological polar surface area (TPSA) is 40.5 Å². The first kappa shape index (κ1) is 13.7. The smallest absolute Gasteiger partial charge is 0.254 e. The average molecular weight is 288 g/mol. The number of hydrogen-bond donors (Lipinski definition) is 1. The molecule has 1 aromatic rings. The molecule has 0 spiro atoms. The van der Waals surface area contributed by atoms with Crippen molar-refractivity contribution in [3.63, 3.8) is 0 Å². The lowest BCUT2D eigenvalue weighted by Crippen LogP contribution is -2.48. The van der Waals surface area contributed by atoms with Crippen LogP contribution >= 0.6 is 23.2 Å². The Bertz CT molecular complexity index is 474. The van der Waals surface area contributed by atoms with Crippen molar-refractivity contribution in [2.24, 2.45) is 0 Å². The van der Waals surface area contributed by atoms with Crippen molar-refractivity contribution < 1.29 is 9.90 Å². The number of rotatable bonds is 1. The summed E-state index contributed by atoms with van der Waals surface area (Å²) in [6.45, 7) is 2.77. The molecule has 5 heteroatoms. The fourth-order valence-corrected chi connectivity index (χ4v) is 2.50. The van der Waals surface area contributed by atoms with Gasteiger partial charge < -0.3 is 10.0 Å². The zero-order chi connectivity index (χ0) is 13.3. The van der Waals surface area contributed by atoms with Crippen LogP contribution in [0.2, 0.25) is 10.0 Å². The summed E-state index contributed by atoms with van der Waals surface area (Å²) in [5.74, 6) is -0.117. The highest BCUT2D eigenvalue weighted by molar-refractivity contribution is 6.42. The first-order valence-corrected chi connectivity index (χ1v) is 6.61. The monoisotopic (exact) mass is 287 g/mol. The molecule has 98 valence electrons. The molecule has 1 aromatic carbocycles. The molecule has 1 unspecified atom stereocenters. The summed E-state index contributed by atoms with van der Waals surface area (Å²) in [6.07, 6.45) is 1.53. The van der Waals surface area contributed by atoms with Crippen LogP contribution in [0.3, 0.4) is 0 Å². The zero-order valence-electron chi connectivity index (χ0n) is 10.1.